The smallest absolute Gasteiger partial charge is 0.320 e. The lowest BCUT2D eigenvalue weighted by Gasteiger charge is -2.23. The summed E-state index contributed by atoms with van der Waals surface area (Å²) in [5.41, 5.74) is 0. The van der Waals surface area contributed by atoms with Gasteiger partial charge in [-0.05, 0) is 39.3 Å². The monoisotopic (exact) mass is 228 g/mol. The summed E-state index contributed by atoms with van der Waals surface area (Å²) >= 11 is 0. The summed E-state index contributed by atoms with van der Waals surface area (Å²) in [6.45, 7) is 4.22. The Morgan fingerprint density at radius 3 is 2.62 bits per heavy atom. The van der Waals surface area contributed by atoms with Crippen LogP contribution in [0.3, 0.4) is 0 Å². The second-order valence-electron chi connectivity index (χ2n) is 4.59. The fourth-order valence-corrected chi connectivity index (χ4v) is 1.96. The minimum Gasteiger partial charge on any atom is -0.480 e. The van der Waals surface area contributed by atoms with E-state index in [4.69, 9.17) is 5.11 Å². The van der Waals surface area contributed by atoms with E-state index in [2.05, 4.69) is 17.1 Å². The minimum absolute atomic E-state index is 0.400. The number of hydrogen-bond donors (Lipinski definition) is 2. The Hall–Kier alpha value is -0.610. The Morgan fingerprint density at radius 1 is 1.50 bits per heavy atom. The maximum absolute atomic E-state index is 10.9. The lowest BCUT2D eigenvalue weighted by molar-refractivity contribution is -0.139. The van der Waals surface area contributed by atoms with Crippen molar-refractivity contribution < 1.29 is 9.90 Å². The SMILES string of the molecule is CCCCN(CCC(NC)C(=O)O)C1CC1. The number of nitrogens with zero attached hydrogens (tertiary/aromatic N) is 1. The molecule has 0 saturated heterocycles. The first-order valence-electron chi connectivity index (χ1n) is 6.33. The van der Waals surface area contributed by atoms with Gasteiger partial charge in [-0.3, -0.25) is 4.79 Å². The van der Waals surface area contributed by atoms with Gasteiger partial charge in [0.1, 0.15) is 6.04 Å². The Morgan fingerprint density at radius 2 is 2.19 bits per heavy atom. The maximum Gasteiger partial charge on any atom is 0.320 e. The zero-order valence-electron chi connectivity index (χ0n) is 10.4. The van der Waals surface area contributed by atoms with Crippen molar-refractivity contribution in [2.75, 3.05) is 20.1 Å². The number of aliphatic carboxylic acids is 1. The van der Waals surface area contributed by atoms with Crippen LogP contribution in [0.4, 0.5) is 0 Å². The van der Waals surface area contributed by atoms with Crippen molar-refractivity contribution in [2.24, 2.45) is 0 Å². The molecule has 16 heavy (non-hydrogen) atoms. The van der Waals surface area contributed by atoms with Gasteiger partial charge in [-0.1, -0.05) is 13.3 Å². The number of nitrogens with one attached hydrogen (secondary N) is 1. The van der Waals surface area contributed by atoms with Crippen LogP contribution in [0.25, 0.3) is 0 Å². The standard InChI is InChI=1S/C12H24N2O2/c1-3-4-8-14(10-5-6-10)9-7-11(13-2)12(15)16/h10-11,13H,3-9H2,1-2H3,(H,15,16). The Bertz CT molecular complexity index is 217. The lowest BCUT2D eigenvalue weighted by atomic mass is 10.2. The topological polar surface area (TPSA) is 52.6 Å². The van der Waals surface area contributed by atoms with E-state index in [9.17, 15) is 4.79 Å². The van der Waals surface area contributed by atoms with Crippen molar-refractivity contribution in [3.05, 3.63) is 0 Å². The summed E-state index contributed by atoms with van der Waals surface area (Å²) < 4.78 is 0. The molecule has 2 N–H and O–H groups in total. The summed E-state index contributed by atoms with van der Waals surface area (Å²) in [5, 5.41) is 11.8. The third kappa shape index (κ3) is 4.49. The molecule has 94 valence electrons. The molecule has 4 nitrogen and oxygen atoms in total. The van der Waals surface area contributed by atoms with E-state index < -0.39 is 12.0 Å². The summed E-state index contributed by atoms with van der Waals surface area (Å²) in [6, 6.07) is 0.334. The number of unbranched alkanes of at least 4 members (excludes halogenated alkanes) is 1. The third-order valence-corrected chi connectivity index (χ3v) is 3.21. The highest BCUT2D eigenvalue weighted by Gasteiger charge is 2.29. The number of rotatable bonds is 9. The van der Waals surface area contributed by atoms with Gasteiger partial charge < -0.3 is 15.3 Å². The number of hydrogen-bond acceptors (Lipinski definition) is 3. The van der Waals surface area contributed by atoms with Crippen molar-refractivity contribution in [1.29, 1.82) is 0 Å². The van der Waals surface area contributed by atoms with Gasteiger partial charge in [0.05, 0.1) is 0 Å². The van der Waals surface area contributed by atoms with E-state index in [1.165, 1.54) is 25.7 Å². The van der Waals surface area contributed by atoms with Crippen LogP contribution >= 0.6 is 0 Å². The second-order valence-corrected chi connectivity index (χ2v) is 4.59. The third-order valence-electron chi connectivity index (χ3n) is 3.21. The van der Waals surface area contributed by atoms with Crippen molar-refractivity contribution in [3.63, 3.8) is 0 Å². The maximum atomic E-state index is 10.9. The van der Waals surface area contributed by atoms with Crippen LogP contribution in [0.1, 0.15) is 39.0 Å². The predicted octanol–water partition coefficient (Wildman–Crippen LogP) is 1.31. The van der Waals surface area contributed by atoms with E-state index in [0.29, 0.717) is 6.42 Å². The van der Waals surface area contributed by atoms with Crippen molar-refractivity contribution >= 4 is 5.97 Å². The average Bonchev–Trinajstić information content (AvgIpc) is 3.06. The van der Waals surface area contributed by atoms with E-state index in [1.54, 1.807) is 7.05 Å². The van der Waals surface area contributed by atoms with Gasteiger partial charge in [0.2, 0.25) is 0 Å². The van der Waals surface area contributed by atoms with Crippen LogP contribution in [-0.4, -0.2) is 48.2 Å². The first kappa shape index (κ1) is 13.5. The number of carboxylic acids is 1. The molecule has 0 amide bonds. The van der Waals surface area contributed by atoms with Gasteiger partial charge in [0, 0.05) is 12.6 Å². The molecule has 1 rings (SSSR count). The van der Waals surface area contributed by atoms with Crippen LogP contribution in [0.2, 0.25) is 0 Å². The van der Waals surface area contributed by atoms with Crippen LogP contribution in [0.15, 0.2) is 0 Å². The second kappa shape index (κ2) is 6.86. The summed E-state index contributed by atoms with van der Waals surface area (Å²) in [4.78, 5) is 13.3. The fraction of sp³-hybridized carbons (Fsp3) is 0.917. The van der Waals surface area contributed by atoms with Gasteiger partial charge in [0.25, 0.3) is 0 Å². The van der Waals surface area contributed by atoms with E-state index in [-0.39, 0.29) is 0 Å². The van der Waals surface area contributed by atoms with Crippen molar-refractivity contribution in [2.45, 2.75) is 51.1 Å². The molecule has 0 heterocycles. The minimum atomic E-state index is -0.742. The average molecular weight is 228 g/mol. The molecule has 0 aliphatic heterocycles. The fourth-order valence-electron chi connectivity index (χ4n) is 1.96. The molecule has 1 aliphatic carbocycles. The molecule has 1 unspecified atom stereocenters. The first-order valence-corrected chi connectivity index (χ1v) is 6.33. The number of likely N-dealkylation sites (N-methyl/N-ethyl adjacent to an activating group) is 1. The van der Waals surface area contributed by atoms with E-state index in [1.807, 2.05) is 0 Å². The van der Waals surface area contributed by atoms with Crippen molar-refractivity contribution in [1.82, 2.24) is 10.2 Å². The molecule has 0 aromatic carbocycles. The summed E-state index contributed by atoms with van der Waals surface area (Å²) in [7, 11) is 1.71. The number of carbonyl (C=O) groups is 1. The quantitative estimate of drug-likeness (QED) is 0.625. The van der Waals surface area contributed by atoms with Gasteiger partial charge in [0.15, 0.2) is 0 Å². The predicted molar refractivity (Wildman–Crippen MR) is 64.6 cm³/mol. The molecule has 1 atom stereocenters. The molecule has 4 heteroatoms. The summed E-state index contributed by atoms with van der Waals surface area (Å²) in [6.07, 6.45) is 5.71. The molecule has 1 saturated carbocycles. The highest BCUT2D eigenvalue weighted by atomic mass is 16.4. The lowest BCUT2D eigenvalue weighted by Crippen LogP contribution is -2.38. The number of carboxylic acid groups (broad SMARTS) is 1. The highest BCUT2D eigenvalue weighted by Crippen LogP contribution is 2.27. The van der Waals surface area contributed by atoms with Crippen LogP contribution < -0.4 is 5.32 Å². The van der Waals surface area contributed by atoms with Crippen LogP contribution in [-0.2, 0) is 4.79 Å². The van der Waals surface area contributed by atoms with Gasteiger partial charge >= 0.3 is 5.97 Å². The Kier molecular flexibility index (Phi) is 5.77. The molecule has 0 bridgehead atoms. The first-order chi connectivity index (χ1) is 7.69. The van der Waals surface area contributed by atoms with Gasteiger partial charge in [-0.25, -0.2) is 0 Å². The van der Waals surface area contributed by atoms with E-state index in [0.717, 1.165) is 19.1 Å². The Labute approximate surface area is 98.0 Å². The largest absolute Gasteiger partial charge is 0.480 e. The van der Waals surface area contributed by atoms with Crippen molar-refractivity contribution in [3.8, 4) is 0 Å². The molecule has 1 aliphatic rings. The van der Waals surface area contributed by atoms with Crippen LogP contribution in [0.5, 0.6) is 0 Å². The molecule has 0 spiro atoms. The molecular weight excluding hydrogens is 204 g/mol. The highest BCUT2D eigenvalue weighted by molar-refractivity contribution is 5.73. The summed E-state index contributed by atoms with van der Waals surface area (Å²) in [5.74, 6) is -0.742. The molecule has 0 radical (unpaired) electrons. The van der Waals surface area contributed by atoms with Gasteiger partial charge in [-0.15, -0.1) is 0 Å². The zero-order chi connectivity index (χ0) is 12.0. The molecule has 0 aromatic rings. The Balaban J connectivity index is 2.27. The molecule has 1 fully saturated rings. The zero-order valence-corrected chi connectivity index (χ0v) is 10.4. The normalized spacial score (nSPS) is 17.7. The van der Waals surface area contributed by atoms with Gasteiger partial charge in [-0.2, -0.15) is 0 Å². The van der Waals surface area contributed by atoms with E-state index >= 15 is 0 Å². The molecule has 0 aromatic heterocycles. The van der Waals surface area contributed by atoms with Crippen LogP contribution in [0, 0.1) is 0 Å². The molecular formula is C12H24N2O2.